The maximum Gasteiger partial charge on any atom is 0.416 e. The number of hydrogen-bond acceptors (Lipinski definition) is 7. The topological polar surface area (TPSA) is 140 Å². The lowest BCUT2D eigenvalue weighted by Crippen LogP contribution is -2.24. The number of anilines is 1. The minimum atomic E-state index is -4.62. The summed E-state index contributed by atoms with van der Waals surface area (Å²) >= 11 is 0. The Morgan fingerprint density at radius 2 is 1.77 bits per heavy atom. The molecule has 1 fully saturated rings. The number of nitro groups is 1. The van der Waals surface area contributed by atoms with Gasteiger partial charge in [-0.05, 0) is 25.1 Å². The molecular weight excluding hydrogens is 473 g/mol. The van der Waals surface area contributed by atoms with Gasteiger partial charge in [-0.25, -0.2) is 5.43 Å². The van der Waals surface area contributed by atoms with Gasteiger partial charge in [0.15, 0.2) is 0 Å². The van der Waals surface area contributed by atoms with Crippen LogP contribution in [0.4, 0.5) is 24.5 Å². The van der Waals surface area contributed by atoms with Crippen molar-refractivity contribution in [3.8, 4) is 0 Å². The van der Waals surface area contributed by atoms with Crippen LogP contribution in [0.25, 0.3) is 0 Å². The van der Waals surface area contributed by atoms with Crippen LogP contribution in [0.5, 0.6) is 0 Å². The summed E-state index contributed by atoms with van der Waals surface area (Å²) in [5, 5.41) is 16.8. The van der Waals surface area contributed by atoms with Gasteiger partial charge in [0.2, 0.25) is 11.8 Å². The molecule has 0 aliphatic heterocycles. The van der Waals surface area contributed by atoms with Crippen LogP contribution >= 0.6 is 0 Å². The molecule has 0 unspecified atom stereocenters. The lowest BCUT2D eigenvalue weighted by Gasteiger charge is -2.10. The highest BCUT2D eigenvalue weighted by Crippen LogP contribution is 2.48. The van der Waals surface area contributed by atoms with Crippen molar-refractivity contribution in [2.24, 2.45) is 22.9 Å². The Hall–Kier alpha value is -4.29. The maximum atomic E-state index is 12.9. The molecule has 184 valence electrons. The van der Waals surface area contributed by atoms with E-state index in [0.717, 1.165) is 24.4 Å². The van der Waals surface area contributed by atoms with E-state index in [4.69, 9.17) is 4.74 Å². The lowest BCUT2D eigenvalue weighted by molar-refractivity contribution is -0.384. The second kappa shape index (κ2) is 10.3. The highest BCUT2D eigenvalue weighted by atomic mass is 19.4. The van der Waals surface area contributed by atoms with E-state index in [1.54, 1.807) is 0 Å². The van der Waals surface area contributed by atoms with Crippen molar-refractivity contribution in [3.63, 3.8) is 0 Å². The van der Waals surface area contributed by atoms with Gasteiger partial charge in [-0.2, -0.15) is 18.3 Å². The normalized spacial score (nSPS) is 19.1. The molecule has 2 aromatic rings. The van der Waals surface area contributed by atoms with Crippen molar-refractivity contribution < 1.29 is 37.2 Å². The molecule has 0 spiro atoms. The first-order valence-corrected chi connectivity index (χ1v) is 10.2. The molecule has 2 amide bonds. The quantitative estimate of drug-likeness (QED) is 0.251. The van der Waals surface area contributed by atoms with E-state index >= 15 is 0 Å². The van der Waals surface area contributed by atoms with Crippen LogP contribution in [0.3, 0.4) is 0 Å². The summed E-state index contributed by atoms with van der Waals surface area (Å²) in [6.07, 6.45) is -3.47. The number of non-ortho nitro benzene ring substituents is 1. The third-order valence-corrected chi connectivity index (χ3v) is 5.11. The van der Waals surface area contributed by atoms with E-state index in [2.05, 4.69) is 15.8 Å². The minimum absolute atomic E-state index is 0.00339. The van der Waals surface area contributed by atoms with Crippen molar-refractivity contribution in [2.45, 2.75) is 13.1 Å². The number of alkyl halides is 3. The number of benzene rings is 2. The summed E-state index contributed by atoms with van der Waals surface area (Å²) in [7, 11) is 0. The molecule has 1 aliphatic carbocycles. The average molecular weight is 492 g/mol. The van der Waals surface area contributed by atoms with E-state index < -0.39 is 52.2 Å². The SMILES string of the molecule is CCOC(=O)[C@H]1[C@H](C(=O)Nc2cccc(C(F)(F)F)c2)[C@@H]1C(=O)N/N=C/c1cccc([N+](=O)[O-])c1. The van der Waals surface area contributed by atoms with E-state index in [1.807, 2.05) is 0 Å². The molecular formula is C22H19F3N4O6. The second-order valence-electron chi connectivity index (χ2n) is 7.48. The first-order valence-electron chi connectivity index (χ1n) is 10.2. The van der Waals surface area contributed by atoms with Crippen LogP contribution < -0.4 is 10.7 Å². The van der Waals surface area contributed by atoms with Gasteiger partial charge in [0.25, 0.3) is 5.69 Å². The molecule has 2 N–H and O–H groups in total. The number of esters is 1. The molecule has 10 nitrogen and oxygen atoms in total. The molecule has 0 bridgehead atoms. The summed E-state index contributed by atoms with van der Waals surface area (Å²) < 4.78 is 43.7. The third kappa shape index (κ3) is 6.19. The molecule has 3 rings (SSSR count). The number of hydrogen-bond donors (Lipinski definition) is 2. The molecule has 0 saturated heterocycles. The molecule has 0 radical (unpaired) electrons. The van der Waals surface area contributed by atoms with Crippen LogP contribution in [0.2, 0.25) is 0 Å². The fourth-order valence-corrected chi connectivity index (χ4v) is 3.46. The zero-order chi connectivity index (χ0) is 25.8. The summed E-state index contributed by atoms with van der Waals surface area (Å²) in [5.41, 5.74) is 1.18. The number of nitrogens with one attached hydrogen (secondary N) is 2. The maximum absolute atomic E-state index is 12.9. The van der Waals surface area contributed by atoms with E-state index in [9.17, 15) is 37.7 Å². The highest BCUT2D eigenvalue weighted by Gasteiger charge is 2.63. The van der Waals surface area contributed by atoms with Crippen molar-refractivity contribution >= 4 is 35.4 Å². The van der Waals surface area contributed by atoms with Crippen molar-refractivity contribution in [1.29, 1.82) is 0 Å². The molecule has 2 aromatic carbocycles. The number of amides is 2. The number of rotatable bonds is 8. The minimum Gasteiger partial charge on any atom is -0.466 e. The van der Waals surface area contributed by atoms with Gasteiger partial charge < -0.3 is 10.1 Å². The van der Waals surface area contributed by atoms with Crippen molar-refractivity contribution in [2.75, 3.05) is 11.9 Å². The van der Waals surface area contributed by atoms with E-state index in [-0.39, 0.29) is 18.0 Å². The van der Waals surface area contributed by atoms with Gasteiger partial charge in [-0.3, -0.25) is 24.5 Å². The number of nitro benzene ring substituents is 1. The summed E-state index contributed by atoms with van der Waals surface area (Å²) in [6, 6.07) is 9.35. The Morgan fingerprint density at radius 3 is 2.43 bits per heavy atom. The zero-order valence-corrected chi connectivity index (χ0v) is 18.1. The lowest BCUT2D eigenvalue weighted by atomic mass is 10.2. The van der Waals surface area contributed by atoms with Crippen molar-refractivity contribution in [3.05, 3.63) is 69.8 Å². The van der Waals surface area contributed by atoms with Gasteiger partial charge in [-0.15, -0.1) is 0 Å². The van der Waals surface area contributed by atoms with Crippen molar-refractivity contribution in [1.82, 2.24) is 5.43 Å². The molecule has 0 heterocycles. The smallest absolute Gasteiger partial charge is 0.416 e. The Kier molecular flexibility index (Phi) is 7.47. The molecule has 3 atom stereocenters. The number of nitrogens with zero attached hydrogens (tertiary/aromatic N) is 2. The highest BCUT2D eigenvalue weighted by molar-refractivity contribution is 6.05. The summed E-state index contributed by atoms with van der Waals surface area (Å²) in [5.74, 6) is -5.92. The Labute approximate surface area is 196 Å². The van der Waals surface area contributed by atoms with Gasteiger partial charge in [0, 0.05) is 23.4 Å². The number of carbonyl (C=O) groups is 3. The van der Waals surface area contributed by atoms with Crippen LogP contribution in [-0.4, -0.2) is 35.5 Å². The first-order chi connectivity index (χ1) is 16.5. The fourth-order valence-electron chi connectivity index (χ4n) is 3.46. The monoisotopic (exact) mass is 492 g/mol. The Morgan fingerprint density at radius 1 is 1.09 bits per heavy atom. The third-order valence-electron chi connectivity index (χ3n) is 5.11. The second-order valence-corrected chi connectivity index (χ2v) is 7.48. The standard InChI is InChI=1S/C22H19F3N4O6/c1-2-35-21(32)18-16(19(30)27-14-7-4-6-13(10-14)22(23,24)25)17(18)20(31)28-26-11-12-5-3-8-15(9-12)29(33)34/h3-11,16-18H,2H2,1H3,(H,27,30)(H,28,31)/b26-11+/t16-,17+,18+/m1/s1. The average Bonchev–Trinajstić information content (AvgIpc) is 3.55. The van der Waals surface area contributed by atoms with Gasteiger partial charge in [0.1, 0.15) is 0 Å². The van der Waals surface area contributed by atoms with E-state index in [0.29, 0.717) is 5.56 Å². The van der Waals surface area contributed by atoms with Crippen LogP contribution in [0, 0.1) is 27.9 Å². The van der Waals surface area contributed by atoms with Crippen LogP contribution in [0.1, 0.15) is 18.1 Å². The van der Waals surface area contributed by atoms with Gasteiger partial charge >= 0.3 is 12.1 Å². The summed E-state index contributed by atoms with van der Waals surface area (Å²) in [6.45, 7) is 1.53. The van der Waals surface area contributed by atoms with E-state index in [1.165, 1.54) is 37.3 Å². The number of ether oxygens (including phenoxy) is 1. The Balaban J connectivity index is 1.70. The molecule has 1 saturated carbocycles. The van der Waals surface area contributed by atoms with Gasteiger partial charge in [0.05, 0.1) is 41.1 Å². The molecule has 0 aromatic heterocycles. The molecule has 13 heteroatoms. The predicted molar refractivity (Wildman–Crippen MR) is 116 cm³/mol. The molecule has 1 aliphatic rings. The number of carbonyl (C=O) groups excluding carboxylic acids is 3. The summed E-state index contributed by atoms with van der Waals surface area (Å²) in [4.78, 5) is 47.7. The predicted octanol–water partition coefficient (Wildman–Crippen LogP) is 3.13. The fraction of sp³-hybridized carbons (Fsp3) is 0.273. The van der Waals surface area contributed by atoms with Crippen LogP contribution in [0.15, 0.2) is 53.6 Å². The largest absolute Gasteiger partial charge is 0.466 e. The number of hydrazone groups is 1. The van der Waals surface area contributed by atoms with Crippen LogP contribution in [-0.2, 0) is 25.3 Å². The van der Waals surface area contributed by atoms with Gasteiger partial charge in [-0.1, -0.05) is 18.2 Å². The first kappa shape index (κ1) is 25.3. The zero-order valence-electron chi connectivity index (χ0n) is 18.1. The molecule has 35 heavy (non-hydrogen) atoms. The number of halogens is 3. The Bertz CT molecular complexity index is 1180.